The minimum atomic E-state index is 0.0350. The topological polar surface area (TPSA) is 102 Å². The van der Waals surface area contributed by atoms with Crippen LogP contribution in [0.1, 0.15) is 5.56 Å². The summed E-state index contributed by atoms with van der Waals surface area (Å²) in [4.78, 5) is 10.0. The second-order valence-corrected chi connectivity index (χ2v) is 6.41. The molecule has 24 heavy (non-hydrogen) atoms. The summed E-state index contributed by atoms with van der Waals surface area (Å²) in [7, 11) is 0. The second kappa shape index (κ2) is 6.79. The zero-order chi connectivity index (χ0) is 17.1. The molecule has 0 saturated heterocycles. The lowest BCUT2D eigenvalue weighted by Gasteiger charge is -2.11. The van der Waals surface area contributed by atoms with Crippen LogP contribution in [0.3, 0.4) is 0 Å². The predicted molar refractivity (Wildman–Crippen MR) is 96.6 cm³/mol. The van der Waals surface area contributed by atoms with Gasteiger partial charge in [0.2, 0.25) is 5.95 Å². The van der Waals surface area contributed by atoms with Crippen molar-refractivity contribution in [3.63, 3.8) is 0 Å². The molecule has 0 aliphatic rings. The van der Waals surface area contributed by atoms with E-state index in [-0.39, 0.29) is 17.3 Å². The lowest BCUT2D eigenvalue weighted by molar-refractivity contribution is 1.17. The van der Waals surface area contributed by atoms with E-state index in [0.29, 0.717) is 10.7 Å². The fourth-order valence-electron chi connectivity index (χ4n) is 2.18. The number of nitriles is 1. The van der Waals surface area contributed by atoms with Gasteiger partial charge in [-0.3, -0.25) is 0 Å². The van der Waals surface area contributed by atoms with Crippen molar-refractivity contribution in [3.8, 4) is 17.3 Å². The van der Waals surface area contributed by atoms with Crippen molar-refractivity contribution in [2.24, 2.45) is 0 Å². The molecule has 0 atom stereocenters. The number of rotatable bonds is 3. The van der Waals surface area contributed by atoms with Crippen molar-refractivity contribution >= 4 is 35.1 Å². The van der Waals surface area contributed by atoms with Gasteiger partial charge in [-0.1, -0.05) is 41.6 Å². The minimum Gasteiger partial charge on any atom is -0.382 e. The maximum atomic E-state index is 9.39. The normalized spacial score (nSPS) is 10.3. The summed E-state index contributed by atoms with van der Waals surface area (Å²) < 4.78 is 0. The lowest BCUT2D eigenvalue weighted by atomic mass is 10.1. The Balaban J connectivity index is 2.11. The van der Waals surface area contributed by atoms with Gasteiger partial charge in [0.1, 0.15) is 17.5 Å². The van der Waals surface area contributed by atoms with Crippen molar-refractivity contribution in [2.45, 2.75) is 9.79 Å². The molecule has 0 saturated carbocycles. The van der Waals surface area contributed by atoms with Crippen LogP contribution in [0.2, 0.25) is 5.02 Å². The van der Waals surface area contributed by atoms with Gasteiger partial charge in [-0.05, 0) is 30.3 Å². The first kappa shape index (κ1) is 16.1. The molecule has 0 spiro atoms. The van der Waals surface area contributed by atoms with Crippen LogP contribution in [0.25, 0.3) is 11.3 Å². The number of halogens is 1. The van der Waals surface area contributed by atoms with Gasteiger partial charge >= 0.3 is 0 Å². The van der Waals surface area contributed by atoms with Gasteiger partial charge in [0.05, 0.1) is 5.69 Å². The van der Waals surface area contributed by atoms with Gasteiger partial charge in [0, 0.05) is 20.4 Å². The van der Waals surface area contributed by atoms with Crippen LogP contribution < -0.4 is 11.5 Å². The van der Waals surface area contributed by atoms with E-state index in [4.69, 9.17) is 23.1 Å². The van der Waals surface area contributed by atoms with Crippen LogP contribution in [0.4, 0.5) is 11.8 Å². The zero-order valence-corrected chi connectivity index (χ0v) is 14.0. The molecule has 0 bridgehead atoms. The average Bonchev–Trinajstić information content (AvgIpc) is 2.57. The quantitative estimate of drug-likeness (QED) is 0.738. The summed E-state index contributed by atoms with van der Waals surface area (Å²) in [6.07, 6.45) is 0. The lowest BCUT2D eigenvalue weighted by Crippen LogP contribution is -2.05. The highest BCUT2D eigenvalue weighted by Crippen LogP contribution is 2.37. The van der Waals surface area contributed by atoms with Gasteiger partial charge in [0.25, 0.3) is 0 Å². The first-order valence-corrected chi connectivity index (χ1v) is 8.14. The Morgan fingerprint density at radius 1 is 1.00 bits per heavy atom. The highest BCUT2D eigenvalue weighted by atomic mass is 35.5. The number of nitrogens with two attached hydrogens (primary N) is 2. The number of hydrogen-bond acceptors (Lipinski definition) is 6. The van der Waals surface area contributed by atoms with E-state index in [9.17, 15) is 5.26 Å². The molecule has 118 valence electrons. The Hall–Kier alpha value is -2.75. The third-order valence-corrected chi connectivity index (χ3v) is 4.59. The summed E-state index contributed by atoms with van der Waals surface area (Å²) in [5.74, 6) is 0.110. The summed E-state index contributed by atoms with van der Waals surface area (Å²) in [5.41, 5.74) is 12.9. The predicted octanol–water partition coefficient (Wildman–Crippen LogP) is 3.98. The third-order valence-electron chi connectivity index (χ3n) is 3.25. The first-order valence-electron chi connectivity index (χ1n) is 6.94. The number of anilines is 2. The molecule has 0 aliphatic carbocycles. The van der Waals surface area contributed by atoms with E-state index in [0.717, 1.165) is 15.4 Å². The maximum Gasteiger partial charge on any atom is 0.222 e. The standard InChI is InChI=1S/C17H12ClN5S/c18-10-5-7-11(8-6-10)24-14-4-2-1-3-12(14)15-13(9-19)16(20)23-17(21)22-15/h1-8H,(H4,20,21,22,23). The molecule has 1 aromatic heterocycles. The number of benzene rings is 2. The van der Waals surface area contributed by atoms with Gasteiger partial charge in [0.15, 0.2) is 0 Å². The highest BCUT2D eigenvalue weighted by molar-refractivity contribution is 7.99. The molecule has 1 heterocycles. The highest BCUT2D eigenvalue weighted by Gasteiger charge is 2.16. The van der Waals surface area contributed by atoms with E-state index in [1.807, 2.05) is 48.5 Å². The number of aromatic nitrogens is 2. The third kappa shape index (κ3) is 3.27. The summed E-state index contributed by atoms with van der Waals surface area (Å²) in [5, 5.41) is 10.1. The fourth-order valence-corrected chi connectivity index (χ4v) is 3.26. The summed E-state index contributed by atoms with van der Waals surface area (Å²) >= 11 is 7.46. The van der Waals surface area contributed by atoms with E-state index < -0.39 is 0 Å². The molecule has 0 radical (unpaired) electrons. The number of nitrogen functional groups attached to an aromatic ring is 2. The molecule has 7 heteroatoms. The number of nitrogens with zero attached hydrogens (tertiary/aromatic N) is 3. The molecule has 3 rings (SSSR count). The van der Waals surface area contributed by atoms with Crippen molar-refractivity contribution in [3.05, 3.63) is 59.1 Å². The minimum absolute atomic E-state index is 0.0350. The van der Waals surface area contributed by atoms with Gasteiger partial charge < -0.3 is 11.5 Å². The molecule has 0 fully saturated rings. The van der Waals surface area contributed by atoms with Gasteiger partial charge in [-0.15, -0.1) is 0 Å². The molecule has 0 aliphatic heterocycles. The van der Waals surface area contributed by atoms with Crippen LogP contribution in [0.5, 0.6) is 0 Å². The molecule has 5 nitrogen and oxygen atoms in total. The molecule has 0 amide bonds. The van der Waals surface area contributed by atoms with Crippen molar-refractivity contribution in [2.75, 3.05) is 11.5 Å². The van der Waals surface area contributed by atoms with E-state index in [1.54, 1.807) is 0 Å². The average molecular weight is 354 g/mol. The van der Waals surface area contributed by atoms with Crippen LogP contribution >= 0.6 is 23.4 Å². The Kier molecular flexibility index (Phi) is 4.56. The molecule has 4 N–H and O–H groups in total. The Bertz CT molecular complexity index is 935. The molecular formula is C17H12ClN5S. The molecule has 3 aromatic rings. The summed E-state index contributed by atoms with van der Waals surface area (Å²) in [6.45, 7) is 0. The van der Waals surface area contributed by atoms with Crippen LogP contribution in [0, 0.1) is 11.3 Å². The fraction of sp³-hybridized carbons (Fsp3) is 0. The van der Waals surface area contributed by atoms with Gasteiger partial charge in [-0.25, -0.2) is 4.98 Å². The van der Waals surface area contributed by atoms with Crippen molar-refractivity contribution in [1.29, 1.82) is 5.26 Å². The maximum absolute atomic E-state index is 9.39. The Labute approximate surface area is 148 Å². The molecule has 2 aromatic carbocycles. The van der Waals surface area contributed by atoms with E-state index in [1.165, 1.54) is 11.8 Å². The monoisotopic (exact) mass is 353 g/mol. The Morgan fingerprint density at radius 2 is 1.71 bits per heavy atom. The largest absolute Gasteiger partial charge is 0.382 e. The number of hydrogen-bond donors (Lipinski definition) is 2. The van der Waals surface area contributed by atoms with E-state index in [2.05, 4.69) is 16.0 Å². The smallest absolute Gasteiger partial charge is 0.222 e. The van der Waals surface area contributed by atoms with E-state index >= 15 is 0 Å². The molecular weight excluding hydrogens is 342 g/mol. The first-order chi connectivity index (χ1) is 11.6. The van der Waals surface area contributed by atoms with Gasteiger partial charge in [-0.2, -0.15) is 10.2 Å². The summed E-state index contributed by atoms with van der Waals surface area (Å²) in [6, 6.07) is 17.2. The SMILES string of the molecule is N#Cc1c(N)nc(N)nc1-c1ccccc1Sc1ccc(Cl)cc1. The van der Waals surface area contributed by atoms with Crippen LogP contribution in [-0.4, -0.2) is 9.97 Å². The molecule has 0 unspecified atom stereocenters. The zero-order valence-electron chi connectivity index (χ0n) is 12.4. The van der Waals surface area contributed by atoms with Crippen LogP contribution in [-0.2, 0) is 0 Å². The van der Waals surface area contributed by atoms with Crippen molar-refractivity contribution in [1.82, 2.24) is 9.97 Å². The van der Waals surface area contributed by atoms with Crippen molar-refractivity contribution < 1.29 is 0 Å². The van der Waals surface area contributed by atoms with Crippen LogP contribution in [0.15, 0.2) is 58.3 Å². The second-order valence-electron chi connectivity index (χ2n) is 4.85. The Morgan fingerprint density at radius 3 is 2.42 bits per heavy atom.